The molecule has 0 atom stereocenters. The van der Waals surface area contributed by atoms with E-state index in [1.54, 1.807) is 0 Å². The van der Waals surface area contributed by atoms with Crippen LogP contribution in [-0.4, -0.2) is 6.54 Å². The molecule has 0 radical (unpaired) electrons. The van der Waals surface area contributed by atoms with Crippen molar-refractivity contribution in [3.63, 3.8) is 0 Å². The van der Waals surface area contributed by atoms with Crippen LogP contribution in [-0.2, 0) is 12.8 Å². The van der Waals surface area contributed by atoms with E-state index in [0.717, 1.165) is 19.4 Å². The molecule has 0 aliphatic heterocycles. The van der Waals surface area contributed by atoms with Gasteiger partial charge in [-0.05, 0) is 42.5 Å². The summed E-state index contributed by atoms with van der Waals surface area (Å²) in [4.78, 5) is 0. The zero-order chi connectivity index (χ0) is 12.6. The van der Waals surface area contributed by atoms with Crippen molar-refractivity contribution in [1.29, 1.82) is 0 Å². The Morgan fingerprint density at radius 3 is 2.22 bits per heavy atom. The van der Waals surface area contributed by atoms with E-state index >= 15 is 0 Å². The highest BCUT2D eigenvalue weighted by Crippen LogP contribution is 2.12. The van der Waals surface area contributed by atoms with Crippen molar-refractivity contribution in [3.05, 3.63) is 65.7 Å². The van der Waals surface area contributed by atoms with Crippen molar-refractivity contribution in [2.24, 2.45) is 0 Å². The van der Waals surface area contributed by atoms with Crippen LogP contribution in [0.1, 0.15) is 24.5 Å². The van der Waals surface area contributed by atoms with Crippen LogP contribution in [0.15, 0.2) is 54.6 Å². The van der Waals surface area contributed by atoms with Gasteiger partial charge in [-0.3, -0.25) is 0 Å². The van der Waals surface area contributed by atoms with Gasteiger partial charge in [-0.1, -0.05) is 49.4 Å². The molecule has 0 aromatic heterocycles. The fourth-order valence-electron chi connectivity index (χ4n) is 2.21. The van der Waals surface area contributed by atoms with E-state index in [4.69, 9.17) is 0 Å². The number of nitrogens with one attached hydrogen (secondary N) is 1. The predicted molar refractivity (Wildman–Crippen MR) is 79.1 cm³/mol. The minimum atomic E-state index is 1.03. The van der Waals surface area contributed by atoms with Gasteiger partial charge >= 0.3 is 0 Å². The molecule has 1 heteroatoms. The Morgan fingerprint density at radius 2 is 1.50 bits per heavy atom. The van der Waals surface area contributed by atoms with E-state index in [1.165, 1.54) is 23.2 Å². The summed E-state index contributed by atoms with van der Waals surface area (Å²) in [7, 11) is 0. The van der Waals surface area contributed by atoms with Crippen LogP contribution >= 0.6 is 0 Å². The van der Waals surface area contributed by atoms with Crippen LogP contribution in [0.5, 0.6) is 0 Å². The summed E-state index contributed by atoms with van der Waals surface area (Å²) in [5.41, 5.74) is 4.19. The topological polar surface area (TPSA) is 12.0 Å². The van der Waals surface area contributed by atoms with E-state index in [9.17, 15) is 0 Å². The van der Waals surface area contributed by atoms with Gasteiger partial charge in [-0.25, -0.2) is 0 Å². The molecule has 94 valence electrons. The van der Waals surface area contributed by atoms with Gasteiger partial charge in [0, 0.05) is 12.2 Å². The lowest BCUT2D eigenvalue weighted by atomic mass is 10.0. The first-order valence-corrected chi connectivity index (χ1v) is 6.76. The van der Waals surface area contributed by atoms with Crippen LogP contribution in [0.3, 0.4) is 0 Å². The lowest BCUT2D eigenvalue weighted by Crippen LogP contribution is -2.03. The number of para-hydroxylation sites is 1. The second kappa shape index (κ2) is 6.85. The van der Waals surface area contributed by atoms with E-state index in [2.05, 4.69) is 60.8 Å². The molecule has 0 aliphatic rings. The van der Waals surface area contributed by atoms with E-state index < -0.39 is 0 Å². The fraction of sp³-hybridized carbons (Fsp3) is 0.294. The molecule has 2 aromatic rings. The number of anilines is 1. The third-order valence-corrected chi connectivity index (χ3v) is 3.23. The Labute approximate surface area is 110 Å². The van der Waals surface area contributed by atoms with Crippen molar-refractivity contribution in [2.45, 2.75) is 26.2 Å². The van der Waals surface area contributed by atoms with Gasteiger partial charge in [-0.2, -0.15) is 0 Å². The molecule has 0 heterocycles. The SMILES string of the molecule is CCc1ccccc1CCCNc1ccccc1. The average Bonchev–Trinajstić information content (AvgIpc) is 2.45. The van der Waals surface area contributed by atoms with Crippen molar-refractivity contribution < 1.29 is 0 Å². The third-order valence-electron chi connectivity index (χ3n) is 3.23. The summed E-state index contributed by atoms with van der Waals surface area (Å²) in [6.45, 7) is 3.25. The van der Waals surface area contributed by atoms with E-state index in [1.807, 2.05) is 6.07 Å². The third kappa shape index (κ3) is 3.63. The monoisotopic (exact) mass is 239 g/mol. The minimum absolute atomic E-state index is 1.03. The lowest BCUT2D eigenvalue weighted by molar-refractivity contribution is 0.850. The standard InChI is InChI=1S/C17H21N/c1-2-15-9-6-7-10-16(15)11-8-14-18-17-12-4-3-5-13-17/h3-7,9-10,12-13,18H,2,8,11,14H2,1H3. The largest absolute Gasteiger partial charge is 0.385 e. The zero-order valence-electron chi connectivity index (χ0n) is 11.0. The summed E-state index contributed by atoms with van der Waals surface area (Å²) in [5, 5.41) is 3.45. The Kier molecular flexibility index (Phi) is 4.83. The van der Waals surface area contributed by atoms with Crippen molar-refractivity contribution in [2.75, 3.05) is 11.9 Å². The van der Waals surface area contributed by atoms with Crippen molar-refractivity contribution in [1.82, 2.24) is 0 Å². The molecule has 0 fully saturated rings. The van der Waals surface area contributed by atoms with Crippen LogP contribution in [0, 0.1) is 0 Å². The average molecular weight is 239 g/mol. The maximum atomic E-state index is 3.45. The number of hydrogen-bond acceptors (Lipinski definition) is 1. The van der Waals surface area contributed by atoms with Gasteiger partial charge < -0.3 is 5.32 Å². The number of rotatable bonds is 6. The summed E-state index contributed by atoms with van der Waals surface area (Å²) >= 11 is 0. The van der Waals surface area contributed by atoms with Gasteiger partial charge in [-0.15, -0.1) is 0 Å². The van der Waals surface area contributed by atoms with Gasteiger partial charge in [0.2, 0.25) is 0 Å². The van der Waals surface area contributed by atoms with Crippen molar-refractivity contribution in [3.8, 4) is 0 Å². The van der Waals surface area contributed by atoms with Crippen LogP contribution in [0.25, 0.3) is 0 Å². The molecule has 0 unspecified atom stereocenters. The molecular formula is C17H21N. The van der Waals surface area contributed by atoms with E-state index in [-0.39, 0.29) is 0 Å². The molecule has 2 rings (SSSR count). The van der Waals surface area contributed by atoms with Crippen LogP contribution in [0.2, 0.25) is 0 Å². The first kappa shape index (κ1) is 12.7. The molecule has 0 saturated heterocycles. The summed E-state index contributed by atoms with van der Waals surface area (Å²) in [6, 6.07) is 19.1. The first-order chi connectivity index (χ1) is 8.90. The number of aryl methyl sites for hydroxylation is 2. The lowest BCUT2D eigenvalue weighted by Gasteiger charge is -2.09. The first-order valence-electron chi connectivity index (χ1n) is 6.76. The highest BCUT2D eigenvalue weighted by atomic mass is 14.9. The molecule has 0 spiro atoms. The molecule has 1 N–H and O–H groups in total. The smallest absolute Gasteiger partial charge is 0.0340 e. The molecular weight excluding hydrogens is 218 g/mol. The predicted octanol–water partition coefficient (Wildman–Crippen LogP) is 4.29. The Hall–Kier alpha value is -1.76. The fourth-order valence-corrected chi connectivity index (χ4v) is 2.21. The van der Waals surface area contributed by atoms with Crippen LogP contribution < -0.4 is 5.32 Å². The zero-order valence-corrected chi connectivity index (χ0v) is 11.0. The van der Waals surface area contributed by atoms with Gasteiger partial charge in [0.25, 0.3) is 0 Å². The van der Waals surface area contributed by atoms with Gasteiger partial charge in [0.1, 0.15) is 0 Å². The summed E-state index contributed by atoms with van der Waals surface area (Å²) in [5.74, 6) is 0. The molecule has 0 bridgehead atoms. The van der Waals surface area contributed by atoms with Crippen LogP contribution in [0.4, 0.5) is 5.69 Å². The second-order valence-electron chi connectivity index (χ2n) is 4.52. The van der Waals surface area contributed by atoms with Gasteiger partial charge in [0.15, 0.2) is 0 Å². The quantitative estimate of drug-likeness (QED) is 0.741. The molecule has 2 aromatic carbocycles. The normalized spacial score (nSPS) is 10.3. The maximum Gasteiger partial charge on any atom is 0.0340 e. The highest BCUT2D eigenvalue weighted by molar-refractivity contribution is 5.42. The Bertz CT molecular complexity index is 462. The Morgan fingerprint density at radius 1 is 0.833 bits per heavy atom. The number of hydrogen-bond donors (Lipinski definition) is 1. The minimum Gasteiger partial charge on any atom is -0.385 e. The summed E-state index contributed by atoms with van der Waals surface area (Å²) < 4.78 is 0. The number of benzene rings is 2. The van der Waals surface area contributed by atoms with Gasteiger partial charge in [0.05, 0.1) is 0 Å². The molecule has 0 amide bonds. The maximum absolute atomic E-state index is 3.45. The van der Waals surface area contributed by atoms with Crippen molar-refractivity contribution >= 4 is 5.69 Å². The second-order valence-corrected chi connectivity index (χ2v) is 4.52. The molecule has 0 saturated carbocycles. The summed E-state index contributed by atoms with van der Waals surface area (Å²) in [6.07, 6.45) is 3.46. The highest BCUT2D eigenvalue weighted by Gasteiger charge is 1.99. The molecule has 1 nitrogen and oxygen atoms in total. The Balaban J connectivity index is 1.78. The molecule has 18 heavy (non-hydrogen) atoms. The van der Waals surface area contributed by atoms with E-state index in [0.29, 0.717) is 0 Å². The molecule has 0 aliphatic carbocycles.